The number of hydrogen-bond donors (Lipinski definition) is 2. The fourth-order valence-corrected chi connectivity index (χ4v) is 2.54. The van der Waals surface area contributed by atoms with E-state index in [2.05, 4.69) is 42.7 Å². The van der Waals surface area contributed by atoms with Crippen molar-refractivity contribution in [2.24, 2.45) is 0 Å². The number of thiocarbonyl (C=S) groups is 1. The average Bonchev–Trinajstić information content (AvgIpc) is 2.55. The molecular weight excluding hydrogens is 292 g/mol. The normalized spacial score (nSPS) is 11.6. The molecule has 0 bridgehead atoms. The van der Waals surface area contributed by atoms with Crippen molar-refractivity contribution in [2.45, 2.75) is 26.3 Å². The van der Waals surface area contributed by atoms with Crippen LogP contribution in [0.15, 0.2) is 48.5 Å². The van der Waals surface area contributed by atoms with Crippen molar-refractivity contribution >= 4 is 23.0 Å². The van der Waals surface area contributed by atoms with E-state index >= 15 is 0 Å². The molecule has 4 heteroatoms. The van der Waals surface area contributed by atoms with Crippen LogP contribution in [0.1, 0.15) is 30.5 Å². The predicted molar refractivity (Wildman–Crippen MR) is 96.6 cm³/mol. The van der Waals surface area contributed by atoms with Crippen molar-refractivity contribution < 1.29 is 4.74 Å². The predicted octanol–water partition coefficient (Wildman–Crippen LogP) is 4.44. The smallest absolute Gasteiger partial charge is 0.171 e. The Morgan fingerprint density at radius 3 is 2.41 bits per heavy atom. The Bertz CT molecular complexity index is 625. The summed E-state index contributed by atoms with van der Waals surface area (Å²) in [5, 5.41) is 7.27. The first-order chi connectivity index (χ1) is 10.6. The summed E-state index contributed by atoms with van der Waals surface area (Å²) in [6, 6.07) is 16.3. The van der Waals surface area contributed by atoms with Crippen LogP contribution in [0.4, 0.5) is 5.69 Å². The van der Waals surface area contributed by atoms with Crippen molar-refractivity contribution in [3.05, 3.63) is 59.7 Å². The van der Waals surface area contributed by atoms with Gasteiger partial charge < -0.3 is 15.4 Å². The molecule has 0 fully saturated rings. The van der Waals surface area contributed by atoms with Crippen molar-refractivity contribution in [2.75, 3.05) is 12.4 Å². The third kappa shape index (κ3) is 4.21. The first-order valence-corrected chi connectivity index (χ1v) is 7.82. The summed E-state index contributed by atoms with van der Waals surface area (Å²) < 4.78 is 5.20. The zero-order chi connectivity index (χ0) is 15.9. The summed E-state index contributed by atoms with van der Waals surface area (Å²) in [4.78, 5) is 0. The summed E-state index contributed by atoms with van der Waals surface area (Å²) in [5.74, 6) is 0.860. The maximum Gasteiger partial charge on any atom is 0.171 e. The van der Waals surface area contributed by atoms with E-state index in [1.54, 1.807) is 7.11 Å². The SMILES string of the molecule is CC[C@H](NC(=S)Nc1ccccc1C)c1ccc(OC)cc1. The molecule has 0 radical (unpaired) electrons. The largest absolute Gasteiger partial charge is 0.497 e. The molecule has 0 unspecified atom stereocenters. The van der Waals surface area contributed by atoms with E-state index in [1.807, 2.05) is 30.3 Å². The number of nitrogens with one attached hydrogen (secondary N) is 2. The number of methoxy groups -OCH3 is 1. The lowest BCUT2D eigenvalue weighted by atomic mass is 10.0. The number of para-hydroxylation sites is 1. The molecule has 22 heavy (non-hydrogen) atoms. The van der Waals surface area contributed by atoms with Gasteiger partial charge in [-0.1, -0.05) is 37.3 Å². The average molecular weight is 314 g/mol. The second-order valence-electron chi connectivity index (χ2n) is 5.15. The molecule has 0 amide bonds. The molecule has 0 aromatic heterocycles. The van der Waals surface area contributed by atoms with Crippen molar-refractivity contribution in [3.8, 4) is 5.75 Å². The summed E-state index contributed by atoms with van der Waals surface area (Å²) >= 11 is 5.44. The van der Waals surface area contributed by atoms with Crippen LogP contribution in [0.25, 0.3) is 0 Å². The number of aryl methyl sites for hydroxylation is 1. The van der Waals surface area contributed by atoms with Gasteiger partial charge in [0.25, 0.3) is 0 Å². The molecule has 1 atom stereocenters. The number of rotatable bonds is 5. The van der Waals surface area contributed by atoms with Crippen LogP contribution in [-0.2, 0) is 0 Å². The van der Waals surface area contributed by atoms with Gasteiger partial charge in [0, 0.05) is 5.69 Å². The van der Waals surface area contributed by atoms with Gasteiger partial charge >= 0.3 is 0 Å². The van der Waals surface area contributed by atoms with Gasteiger partial charge in [-0.25, -0.2) is 0 Å². The summed E-state index contributed by atoms with van der Waals surface area (Å²) in [6.07, 6.45) is 0.946. The highest BCUT2D eigenvalue weighted by atomic mass is 32.1. The Morgan fingerprint density at radius 2 is 1.82 bits per heavy atom. The van der Waals surface area contributed by atoms with E-state index in [4.69, 9.17) is 17.0 Å². The van der Waals surface area contributed by atoms with E-state index in [1.165, 1.54) is 11.1 Å². The van der Waals surface area contributed by atoms with Crippen LogP contribution < -0.4 is 15.4 Å². The summed E-state index contributed by atoms with van der Waals surface area (Å²) in [5.41, 5.74) is 3.39. The van der Waals surface area contributed by atoms with E-state index in [0.717, 1.165) is 17.9 Å². The first kappa shape index (κ1) is 16.3. The maximum atomic E-state index is 5.44. The molecule has 0 aliphatic carbocycles. The van der Waals surface area contributed by atoms with E-state index in [-0.39, 0.29) is 6.04 Å². The van der Waals surface area contributed by atoms with Gasteiger partial charge in [0.05, 0.1) is 13.2 Å². The van der Waals surface area contributed by atoms with Gasteiger partial charge in [0.15, 0.2) is 5.11 Å². The third-order valence-corrected chi connectivity index (χ3v) is 3.84. The first-order valence-electron chi connectivity index (χ1n) is 7.41. The standard InChI is InChI=1S/C18H22N2OS/c1-4-16(14-9-11-15(21-3)12-10-14)19-18(22)20-17-8-6-5-7-13(17)2/h5-12,16H,4H2,1-3H3,(H2,19,20,22)/t16-/m0/s1. The fourth-order valence-electron chi connectivity index (χ4n) is 2.29. The van der Waals surface area contributed by atoms with Gasteiger partial charge in [0.1, 0.15) is 5.75 Å². The van der Waals surface area contributed by atoms with Gasteiger partial charge in [0.2, 0.25) is 0 Å². The molecule has 0 spiro atoms. The van der Waals surface area contributed by atoms with Crippen molar-refractivity contribution in [3.63, 3.8) is 0 Å². The Balaban J connectivity index is 2.03. The topological polar surface area (TPSA) is 33.3 Å². The molecule has 0 aliphatic rings. The molecule has 0 saturated carbocycles. The molecule has 2 rings (SSSR count). The Kier molecular flexibility index (Phi) is 5.78. The monoisotopic (exact) mass is 314 g/mol. The lowest BCUT2D eigenvalue weighted by Crippen LogP contribution is -2.32. The molecule has 0 aliphatic heterocycles. The van der Waals surface area contributed by atoms with Crippen LogP contribution in [0.2, 0.25) is 0 Å². The Morgan fingerprint density at radius 1 is 1.14 bits per heavy atom. The lowest BCUT2D eigenvalue weighted by Gasteiger charge is -2.21. The van der Waals surface area contributed by atoms with Crippen LogP contribution >= 0.6 is 12.2 Å². The van der Waals surface area contributed by atoms with E-state index in [0.29, 0.717) is 5.11 Å². The molecule has 0 saturated heterocycles. The summed E-state index contributed by atoms with van der Waals surface area (Å²) in [6.45, 7) is 4.20. The molecule has 2 N–H and O–H groups in total. The quantitative estimate of drug-likeness (QED) is 0.799. The van der Waals surface area contributed by atoms with Crippen LogP contribution in [0.5, 0.6) is 5.75 Å². The molecule has 0 heterocycles. The van der Waals surface area contributed by atoms with E-state index < -0.39 is 0 Å². The van der Waals surface area contributed by atoms with Gasteiger partial charge in [-0.2, -0.15) is 0 Å². The molecule has 2 aromatic rings. The number of hydrogen-bond acceptors (Lipinski definition) is 2. The number of ether oxygens (including phenoxy) is 1. The number of anilines is 1. The van der Waals surface area contributed by atoms with Gasteiger partial charge in [-0.3, -0.25) is 0 Å². The minimum atomic E-state index is 0.176. The highest BCUT2D eigenvalue weighted by Gasteiger charge is 2.11. The Hall–Kier alpha value is -2.07. The fraction of sp³-hybridized carbons (Fsp3) is 0.278. The second-order valence-corrected chi connectivity index (χ2v) is 5.56. The zero-order valence-electron chi connectivity index (χ0n) is 13.2. The maximum absolute atomic E-state index is 5.44. The summed E-state index contributed by atoms with van der Waals surface area (Å²) in [7, 11) is 1.67. The Labute approximate surface area is 137 Å². The minimum absolute atomic E-state index is 0.176. The third-order valence-electron chi connectivity index (χ3n) is 3.63. The van der Waals surface area contributed by atoms with Crippen molar-refractivity contribution in [1.82, 2.24) is 5.32 Å². The van der Waals surface area contributed by atoms with Gasteiger partial charge in [-0.05, 0) is 54.9 Å². The second kappa shape index (κ2) is 7.80. The minimum Gasteiger partial charge on any atom is -0.497 e. The van der Waals surface area contributed by atoms with Crippen LogP contribution in [-0.4, -0.2) is 12.2 Å². The highest BCUT2D eigenvalue weighted by molar-refractivity contribution is 7.80. The molecule has 2 aromatic carbocycles. The number of benzene rings is 2. The lowest BCUT2D eigenvalue weighted by molar-refractivity contribution is 0.414. The molecule has 3 nitrogen and oxygen atoms in total. The highest BCUT2D eigenvalue weighted by Crippen LogP contribution is 2.20. The van der Waals surface area contributed by atoms with Crippen LogP contribution in [0.3, 0.4) is 0 Å². The van der Waals surface area contributed by atoms with Gasteiger partial charge in [-0.15, -0.1) is 0 Å². The zero-order valence-corrected chi connectivity index (χ0v) is 14.0. The van der Waals surface area contributed by atoms with Crippen LogP contribution in [0, 0.1) is 6.92 Å². The molecule has 116 valence electrons. The molecular formula is C18H22N2OS. The van der Waals surface area contributed by atoms with Crippen molar-refractivity contribution in [1.29, 1.82) is 0 Å². The van der Waals surface area contributed by atoms with E-state index in [9.17, 15) is 0 Å².